The molecular weight excluding hydrogens is 382 g/mol. The minimum atomic E-state index is -0.472. The number of fused-ring (bicyclic) bond motifs is 1. The van der Waals surface area contributed by atoms with Crippen molar-refractivity contribution in [3.05, 3.63) is 71.9 Å². The lowest BCUT2D eigenvalue weighted by molar-refractivity contribution is -0.121. The van der Waals surface area contributed by atoms with Gasteiger partial charge in [-0.05, 0) is 36.2 Å². The number of pyridine rings is 1. The zero-order valence-electron chi connectivity index (χ0n) is 16.4. The SMILES string of the molecule is O=C(CO)CCCNC(=O)c1ccc(CC(=O)Nc2cccc3cccnc23)cc1. The van der Waals surface area contributed by atoms with Crippen molar-refractivity contribution in [3.8, 4) is 0 Å². The molecule has 0 saturated carbocycles. The second kappa shape index (κ2) is 10.3. The summed E-state index contributed by atoms with van der Waals surface area (Å²) in [4.78, 5) is 39.9. The van der Waals surface area contributed by atoms with Gasteiger partial charge >= 0.3 is 0 Å². The molecule has 3 N–H and O–H groups in total. The Labute approximate surface area is 174 Å². The van der Waals surface area contributed by atoms with E-state index in [1.54, 1.807) is 30.5 Å². The zero-order valence-corrected chi connectivity index (χ0v) is 16.4. The van der Waals surface area contributed by atoms with Gasteiger partial charge in [-0.15, -0.1) is 0 Å². The van der Waals surface area contributed by atoms with Crippen LogP contribution in [0.1, 0.15) is 28.8 Å². The van der Waals surface area contributed by atoms with E-state index >= 15 is 0 Å². The van der Waals surface area contributed by atoms with Gasteiger partial charge in [0.15, 0.2) is 5.78 Å². The van der Waals surface area contributed by atoms with Gasteiger partial charge in [-0.1, -0.05) is 30.3 Å². The number of aromatic nitrogens is 1. The summed E-state index contributed by atoms with van der Waals surface area (Å²) < 4.78 is 0. The summed E-state index contributed by atoms with van der Waals surface area (Å²) in [5.41, 5.74) is 2.66. The third-order valence-corrected chi connectivity index (χ3v) is 4.58. The van der Waals surface area contributed by atoms with E-state index in [4.69, 9.17) is 5.11 Å². The molecular formula is C23H23N3O4. The molecule has 0 spiro atoms. The van der Waals surface area contributed by atoms with Crippen LogP contribution in [0.15, 0.2) is 60.8 Å². The fourth-order valence-electron chi connectivity index (χ4n) is 3.03. The van der Waals surface area contributed by atoms with Crippen molar-refractivity contribution in [2.24, 2.45) is 0 Å². The number of benzene rings is 2. The topological polar surface area (TPSA) is 108 Å². The highest BCUT2D eigenvalue weighted by Crippen LogP contribution is 2.20. The molecule has 0 aliphatic heterocycles. The number of aliphatic hydroxyl groups is 1. The smallest absolute Gasteiger partial charge is 0.251 e. The molecule has 1 aromatic heterocycles. The summed E-state index contributed by atoms with van der Waals surface area (Å²) in [6.07, 6.45) is 2.57. The number of carbonyl (C=O) groups excluding carboxylic acids is 3. The van der Waals surface area contributed by atoms with E-state index in [0.29, 0.717) is 24.2 Å². The number of nitrogens with zero attached hydrogens (tertiary/aromatic N) is 1. The number of anilines is 1. The lowest BCUT2D eigenvalue weighted by Crippen LogP contribution is -2.25. The Morgan fingerprint density at radius 1 is 0.967 bits per heavy atom. The van der Waals surface area contributed by atoms with Crippen LogP contribution in [0.3, 0.4) is 0 Å². The Bertz CT molecular complexity index is 1040. The van der Waals surface area contributed by atoms with E-state index < -0.39 is 6.61 Å². The number of amides is 2. The summed E-state index contributed by atoms with van der Waals surface area (Å²) in [7, 11) is 0. The van der Waals surface area contributed by atoms with Gasteiger partial charge in [0.1, 0.15) is 6.61 Å². The molecule has 0 aliphatic rings. The molecule has 1 heterocycles. The van der Waals surface area contributed by atoms with E-state index in [1.165, 1.54) is 0 Å². The maximum Gasteiger partial charge on any atom is 0.251 e. The van der Waals surface area contributed by atoms with Crippen molar-refractivity contribution in [1.29, 1.82) is 0 Å². The molecule has 0 aliphatic carbocycles. The Morgan fingerprint density at radius 2 is 1.73 bits per heavy atom. The standard InChI is InChI=1S/C23H23N3O4/c27-15-19(28)6-3-13-25-23(30)18-10-8-16(9-11-18)14-21(29)26-20-7-1-4-17-5-2-12-24-22(17)20/h1-2,4-5,7-12,27H,3,6,13-15H2,(H,25,30)(H,26,29). The number of ketones is 1. The molecule has 2 amide bonds. The third-order valence-electron chi connectivity index (χ3n) is 4.58. The van der Waals surface area contributed by atoms with E-state index in [9.17, 15) is 14.4 Å². The Balaban J connectivity index is 1.53. The van der Waals surface area contributed by atoms with Crippen molar-refractivity contribution in [3.63, 3.8) is 0 Å². The predicted octanol–water partition coefficient (Wildman–Crippen LogP) is 2.49. The highest BCUT2D eigenvalue weighted by atomic mass is 16.3. The van der Waals surface area contributed by atoms with Crippen molar-refractivity contribution in [2.75, 3.05) is 18.5 Å². The maximum atomic E-state index is 12.4. The molecule has 7 nitrogen and oxygen atoms in total. The van der Waals surface area contributed by atoms with Gasteiger partial charge in [0.2, 0.25) is 5.91 Å². The van der Waals surface area contributed by atoms with Crippen LogP contribution in [0, 0.1) is 0 Å². The van der Waals surface area contributed by atoms with Crippen molar-refractivity contribution >= 4 is 34.2 Å². The van der Waals surface area contributed by atoms with Gasteiger partial charge in [0, 0.05) is 30.1 Å². The van der Waals surface area contributed by atoms with Crippen LogP contribution in [-0.2, 0) is 16.0 Å². The van der Waals surface area contributed by atoms with Crippen molar-refractivity contribution < 1.29 is 19.5 Å². The van der Waals surface area contributed by atoms with Crippen molar-refractivity contribution in [2.45, 2.75) is 19.3 Å². The van der Waals surface area contributed by atoms with Crippen LogP contribution < -0.4 is 10.6 Å². The molecule has 0 unspecified atom stereocenters. The average molecular weight is 405 g/mol. The maximum absolute atomic E-state index is 12.4. The first kappa shape index (κ1) is 21.1. The van der Waals surface area contributed by atoms with E-state index in [1.807, 2.05) is 30.3 Å². The van der Waals surface area contributed by atoms with Gasteiger partial charge in [0.05, 0.1) is 17.6 Å². The fraction of sp³-hybridized carbons (Fsp3) is 0.217. The Morgan fingerprint density at radius 3 is 2.50 bits per heavy atom. The molecule has 2 aromatic carbocycles. The largest absolute Gasteiger partial charge is 0.389 e. The minimum absolute atomic E-state index is 0.168. The molecule has 30 heavy (non-hydrogen) atoms. The summed E-state index contributed by atoms with van der Waals surface area (Å²) in [6, 6.07) is 16.2. The molecule has 0 saturated heterocycles. The first-order chi connectivity index (χ1) is 14.6. The lowest BCUT2D eigenvalue weighted by atomic mass is 10.1. The predicted molar refractivity (Wildman–Crippen MR) is 114 cm³/mol. The molecule has 3 aromatic rings. The molecule has 3 rings (SSSR count). The van der Waals surface area contributed by atoms with Crippen LogP contribution in [0.25, 0.3) is 10.9 Å². The second-order valence-electron chi connectivity index (χ2n) is 6.86. The van der Waals surface area contributed by atoms with Gasteiger partial charge in [0.25, 0.3) is 5.91 Å². The summed E-state index contributed by atoms with van der Waals surface area (Å²) in [5.74, 6) is -0.658. The highest BCUT2D eigenvalue weighted by molar-refractivity contribution is 6.01. The third kappa shape index (κ3) is 5.71. The summed E-state index contributed by atoms with van der Waals surface area (Å²) >= 11 is 0. The molecule has 0 bridgehead atoms. The molecule has 0 fully saturated rings. The fourth-order valence-corrected chi connectivity index (χ4v) is 3.03. The summed E-state index contributed by atoms with van der Waals surface area (Å²) in [6.45, 7) is -0.117. The van der Waals surface area contributed by atoms with Gasteiger partial charge in [-0.2, -0.15) is 0 Å². The number of hydrogen-bond acceptors (Lipinski definition) is 5. The van der Waals surface area contributed by atoms with E-state index in [-0.39, 0.29) is 30.4 Å². The number of rotatable bonds is 9. The number of para-hydroxylation sites is 1. The number of nitrogens with one attached hydrogen (secondary N) is 2. The van der Waals surface area contributed by atoms with Gasteiger partial charge in [-0.25, -0.2) is 0 Å². The quantitative estimate of drug-likeness (QED) is 0.474. The van der Waals surface area contributed by atoms with Crippen LogP contribution in [0.4, 0.5) is 5.69 Å². The summed E-state index contributed by atoms with van der Waals surface area (Å²) in [5, 5.41) is 15.2. The number of Topliss-reactive ketones (excluding diaryl/α,β-unsaturated/α-hetero) is 1. The minimum Gasteiger partial charge on any atom is -0.389 e. The van der Waals surface area contributed by atoms with Crippen LogP contribution >= 0.6 is 0 Å². The molecule has 0 atom stereocenters. The Hall–Kier alpha value is -3.58. The zero-order chi connectivity index (χ0) is 21.3. The molecule has 7 heteroatoms. The number of hydrogen-bond donors (Lipinski definition) is 3. The average Bonchev–Trinajstić information content (AvgIpc) is 2.77. The first-order valence-corrected chi connectivity index (χ1v) is 9.70. The second-order valence-corrected chi connectivity index (χ2v) is 6.86. The van der Waals surface area contributed by atoms with Crippen LogP contribution in [0.2, 0.25) is 0 Å². The van der Waals surface area contributed by atoms with Crippen molar-refractivity contribution in [1.82, 2.24) is 10.3 Å². The monoisotopic (exact) mass is 405 g/mol. The number of aliphatic hydroxyl groups excluding tert-OH is 1. The van der Waals surface area contributed by atoms with E-state index in [0.717, 1.165) is 16.5 Å². The number of carbonyl (C=O) groups is 3. The van der Waals surface area contributed by atoms with Gasteiger partial charge < -0.3 is 15.7 Å². The molecule has 0 radical (unpaired) electrons. The van der Waals surface area contributed by atoms with Crippen LogP contribution in [0.5, 0.6) is 0 Å². The van der Waals surface area contributed by atoms with Gasteiger partial charge in [-0.3, -0.25) is 19.4 Å². The highest BCUT2D eigenvalue weighted by Gasteiger charge is 2.10. The normalized spacial score (nSPS) is 10.6. The van der Waals surface area contributed by atoms with Crippen LogP contribution in [-0.4, -0.2) is 40.8 Å². The van der Waals surface area contributed by atoms with E-state index in [2.05, 4.69) is 15.6 Å². The first-order valence-electron chi connectivity index (χ1n) is 9.70. The lowest BCUT2D eigenvalue weighted by Gasteiger charge is -2.09. The molecule has 154 valence electrons. The Kier molecular flexibility index (Phi) is 7.24.